The van der Waals surface area contributed by atoms with Crippen molar-refractivity contribution in [1.82, 2.24) is 8.61 Å². The molecule has 2 fully saturated rings. The van der Waals surface area contributed by atoms with Gasteiger partial charge in [0.15, 0.2) is 0 Å². The summed E-state index contributed by atoms with van der Waals surface area (Å²) in [6.07, 6.45) is 4.49. The van der Waals surface area contributed by atoms with Gasteiger partial charge in [-0.25, -0.2) is 0 Å². The van der Waals surface area contributed by atoms with Gasteiger partial charge in [0.25, 0.3) is 10.2 Å². The van der Waals surface area contributed by atoms with Gasteiger partial charge in [-0.2, -0.15) is 17.0 Å². The highest BCUT2D eigenvalue weighted by Crippen LogP contribution is 2.40. The van der Waals surface area contributed by atoms with Crippen LogP contribution in [-0.4, -0.2) is 53.9 Å². The summed E-state index contributed by atoms with van der Waals surface area (Å²) >= 11 is 0. The van der Waals surface area contributed by atoms with Gasteiger partial charge >= 0.3 is 0 Å². The van der Waals surface area contributed by atoms with Crippen LogP contribution in [-0.2, 0) is 10.2 Å². The fourth-order valence-corrected chi connectivity index (χ4v) is 4.79. The summed E-state index contributed by atoms with van der Waals surface area (Å²) in [4.78, 5) is 0. The maximum Gasteiger partial charge on any atom is 0.281 e. The van der Waals surface area contributed by atoms with Gasteiger partial charge in [0.1, 0.15) is 0 Å². The lowest BCUT2D eigenvalue weighted by molar-refractivity contribution is -0.0823. The van der Waals surface area contributed by atoms with E-state index in [9.17, 15) is 13.5 Å². The van der Waals surface area contributed by atoms with Crippen molar-refractivity contribution in [3.63, 3.8) is 0 Å². The molecule has 2 unspecified atom stereocenters. The third kappa shape index (κ3) is 2.82. The Morgan fingerprint density at radius 2 is 2.00 bits per heavy atom. The average Bonchev–Trinajstić information content (AvgIpc) is 2.36. The third-order valence-electron chi connectivity index (χ3n) is 4.81. The molecule has 1 N–H and O–H groups in total. The first-order valence-electron chi connectivity index (χ1n) is 7.23. The summed E-state index contributed by atoms with van der Waals surface area (Å²) in [7, 11) is -1.76. The Balaban J connectivity index is 2.12. The SMILES string of the molecule is CC(C)N(C)S(=O)(=O)N1CCC2(O)CCCCC2C1. The molecule has 0 aromatic rings. The lowest BCUT2D eigenvalue weighted by atomic mass is 9.72. The van der Waals surface area contributed by atoms with E-state index < -0.39 is 15.8 Å². The average molecular weight is 290 g/mol. The van der Waals surface area contributed by atoms with E-state index in [4.69, 9.17) is 0 Å². The number of nitrogens with zero attached hydrogens (tertiary/aromatic N) is 2. The van der Waals surface area contributed by atoms with Gasteiger partial charge in [-0.3, -0.25) is 0 Å². The molecular formula is C13H26N2O3S. The summed E-state index contributed by atoms with van der Waals surface area (Å²) in [5.74, 6) is 0.102. The number of hydrogen-bond donors (Lipinski definition) is 1. The summed E-state index contributed by atoms with van der Waals surface area (Å²) in [5, 5.41) is 10.6. The van der Waals surface area contributed by atoms with Crippen LogP contribution < -0.4 is 0 Å². The molecule has 0 spiro atoms. The van der Waals surface area contributed by atoms with Gasteiger partial charge in [0.05, 0.1) is 5.60 Å². The molecule has 1 heterocycles. The molecule has 0 aromatic carbocycles. The molecule has 1 saturated heterocycles. The Morgan fingerprint density at radius 1 is 1.32 bits per heavy atom. The van der Waals surface area contributed by atoms with Crippen molar-refractivity contribution in [3.05, 3.63) is 0 Å². The number of piperidine rings is 1. The van der Waals surface area contributed by atoms with E-state index in [0.29, 0.717) is 19.5 Å². The van der Waals surface area contributed by atoms with Crippen LogP contribution >= 0.6 is 0 Å². The lowest BCUT2D eigenvalue weighted by Crippen LogP contribution is -2.57. The highest BCUT2D eigenvalue weighted by atomic mass is 32.2. The van der Waals surface area contributed by atoms with Crippen molar-refractivity contribution in [2.45, 2.75) is 57.6 Å². The van der Waals surface area contributed by atoms with Crippen LogP contribution in [0.1, 0.15) is 46.0 Å². The van der Waals surface area contributed by atoms with E-state index in [1.807, 2.05) is 13.8 Å². The zero-order valence-corrected chi connectivity index (χ0v) is 13.0. The van der Waals surface area contributed by atoms with Gasteiger partial charge in [-0.15, -0.1) is 0 Å². The second kappa shape index (κ2) is 5.31. The van der Waals surface area contributed by atoms with Gasteiger partial charge in [0.2, 0.25) is 0 Å². The Kier molecular flexibility index (Phi) is 4.26. The lowest BCUT2D eigenvalue weighted by Gasteiger charge is -2.47. The molecule has 1 aliphatic heterocycles. The van der Waals surface area contributed by atoms with Crippen molar-refractivity contribution in [2.24, 2.45) is 5.92 Å². The number of rotatable bonds is 3. The topological polar surface area (TPSA) is 60.9 Å². The molecule has 1 aliphatic carbocycles. The molecule has 112 valence electrons. The molecule has 2 atom stereocenters. The molecule has 0 aromatic heterocycles. The molecule has 1 saturated carbocycles. The van der Waals surface area contributed by atoms with Crippen molar-refractivity contribution in [2.75, 3.05) is 20.1 Å². The minimum atomic E-state index is -3.38. The second-order valence-corrected chi connectivity index (χ2v) is 8.26. The second-order valence-electron chi connectivity index (χ2n) is 6.27. The first-order valence-corrected chi connectivity index (χ1v) is 8.62. The van der Waals surface area contributed by atoms with E-state index in [1.54, 1.807) is 11.4 Å². The van der Waals surface area contributed by atoms with Crippen molar-refractivity contribution in [3.8, 4) is 0 Å². The fourth-order valence-electron chi connectivity index (χ4n) is 3.20. The molecule has 0 bridgehead atoms. The zero-order chi connectivity index (χ0) is 14.3. The molecule has 2 rings (SSSR count). The standard InChI is InChI=1S/C13H26N2O3S/c1-11(2)14(3)19(17,18)15-9-8-13(16)7-5-4-6-12(13)10-15/h11-12,16H,4-10H2,1-3H3. The summed E-state index contributed by atoms with van der Waals surface area (Å²) in [6.45, 7) is 4.65. The molecule has 5 nitrogen and oxygen atoms in total. The van der Waals surface area contributed by atoms with E-state index >= 15 is 0 Å². The van der Waals surface area contributed by atoms with Gasteiger partial charge in [-0.05, 0) is 33.1 Å². The van der Waals surface area contributed by atoms with Gasteiger partial charge in [-0.1, -0.05) is 12.8 Å². The Labute approximate surface area is 116 Å². The van der Waals surface area contributed by atoms with Crippen LogP contribution in [0.25, 0.3) is 0 Å². The summed E-state index contributed by atoms with van der Waals surface area (Å²) in [5.41, 5.74) is -0.624. The number of aliphatic hydroxyl groups is 1. The third-order valence-corrected chi connectivity index (χ3v) is 6.94. The van der Waals surface area contributed by atoms with Crippen molar-refractivity contribution in [1.29, 1.82) is 0 Å². The van der Waals surface area contributed by atoms with Crippen LogP contribution in [0.15, 0.2) is 0 Å². The first-order chi connectivity index (χ1) is 8.77. The Bertz CT molecular complexity index is 424. The van der Waals surface area contributed by atoms with Crippen LogP contribution in [0.5, 0.6) is 0 Å². The molecule has 0 radical (unpaired) electrons. The zero-order valence-electron chi connectivity index (χ0n) is 12.2. The highest BCUT2D eigenvalue weighted by Gasteiger charge is 2.46. The van der Waals surface area contributed by atoms with E-state index in [2.05, 4.69) is 0 Å². The van der Waals surface area contributed by atoms with Crippen molar-refractivity contribution >= 4 is 10.2 Å². The first kappa shape index (κ1) is 15.2. The van der Waals surface area contributed by atoms with Crippen LogP contribution in [0.2, 0.25) is 0 Å². The molecule has 6 heteroatoms. The monoisotopic (exact) mass is 290 g/mol. The van der Waals surface area contributed by atoms with E-state index in [1.165, 1.54) is 4.31 Å². The number of hydrogen-bond acceptors (Lipinski definition) is 3. The maximum absolute atomic E-state index is 12.5. The normalized spacial score (nSPS) is 33.7. The quantitative estimate of drug-likeness (QED) is 0.849. The van der Waals surface area contributed by atoms with E-state index in [0.717, 1.165) is 25.7 Å². The fraction of sp³-hybridized carbons (Fsp3) is 1.00. The Morgan fingerprint density at radius 3 is 2.63 bits per heavy atom. The van der Waals surface area contributed by atoms with Crippen molar-refractivity contribution < 1.29 is 13.5 Å². The summed E-state index contributed by atoms with van der Waals surface area (Å²) in [6, 6.07) is -0.0443. The van der Waals surface area contributed by atoms with Crippen LogP contribution in [0, 0.1) is 5.92 Å². The summed E-state index contributed by atoms with van der Waals surface area (Å²) < 4.78 is 27.9. The Hall–Kier alpha value is -0.170. The maximum atomic E-state index is 12.5. The van der Waals surface area contributed by atoms with Crippen LogP contribution in [0.3, 0.4) is 0 Å². The van der Waals surface area contributed by atoms with Crippen LogP contribution in [0.4, 0.5) is 0 Å². The van der Waals surface area contributed by atoms with Gasteiger partial charge < -0.3 is 5.11 Å². The molecular weight excluding hydrogens is 264 g/mol. The number of fused-ring (bicyclic) bond motifs is 1. The minimum Gasteiger partial charge on any atom is -0.390 e. The highest BCUT2D eigenvalue weighted by molar-refractivity contribution is 7.86. The minimum absolute atomic E-state index is 0.0443. The van der Waals surface area contributed by atoms with Gasteiger partial charge in [0, 0.05) is 32.1 Å². The predicted octanol–water partition coefficient (Wildman–Crippen LogP) is 1.20. The van der Waals surface area contributed by atoms with E-state index in [-0.39, 0.29) is 12.0 Å². The molecule has 0 amide bonds. The predicted molar refractivity (Wildman–Crippen MR) is 74.9 cm³/mol. The smallest absolute Gasteiger partial charge is 0.281 e. The molecule has 2 aliphatic rings. The largest absolute Gasteiger partial charge is 0.390 e. The molecule has 19 heavy (non-hydrogen) atoms.